The van der Waals surface area contributed by atoms with Gasteiger partial charge in [0.2, 0.25) is 0 Å². The molecular weight excluding hydrogens is 462 g/mol. The van der Waals surface area contributed by atoms with Crippen molar-refractivity contribution in [2.45, 2.75) is 44.3 Å². The summed E-state index contributed by atoms with van der Waals surface area (Å²) in [6.07, 6.45) is 18.8. The van der Waals surface area contributed by atoms with Crippen LogP contribution in [0.1, 0.15) is 54.0 Å². The van der Waals surface area contributed by atoms with Crippen LogP contribution in [0.2, 0.25) is 0 Å². The fourth-order valence-corrected chi connectivity index (χ4v) is 5.56. The molecule has 2 heterocycles. The summed E-state index contributed by atoms with van der Waals surface area (Å²) >= 11 is 3.64. The molecule has 0 fully saturated rings. The van der Waals surface area contributed by atoms with Crippen molar-refractivity contribution in [2.24, 2.45) is 11.7 Å². The van der Waals surface area contributed by atoms with Gasteiger partial charge in [0.15, 0.2) is 0 Å². The van der Waals surface area contributed by atoms with E-state index in [9.17, 15) is 0 Å². The number of benzene rings is 1. The standard InChI is InChI=1S/C26H28BrN5/c27-21-11-12-22(20(16-21)17-28)32(23-10-4-8-18-9-5-13-29-24(18)23)25(26-30-14-15-31-26)19-6-2-1-3-7-19/h1-3,5-6,9,11-16,19,23,25H,4,7-8,10,17,28H2,(H,30,31). The Hall–Kier alpha value is -2.70. The SMILES string of the molecule is NCc1cc(Br)ccc1N(C1CCCc2cccnc21)C(c1ncc[nH]1)C1C=CC=CC1. The van der Waals surface area contributed by atoms with Gasteiger partial charge in [-0.1, -0.05) is 46.3 Å². The van der Waals surface area contributed by atoms with Crippen LogP contribution in [0, 0.1) is 5.92 Å². The number of anilines is 1. The highest BCUT2D eigenvalue weighted by atomic mass is 79.9. The molecule has 5 rings (SSSR count). The Kier molecular flexibility index (Phi) is 6.23. The first-order chi connectivity index (χ1) is 15.8. The van der Waals surface area contributed by atoms with Gasteiger partial charge in [-0.3, -0.25) is 4.98 Å². The molecule has 0 saturated carbocycles. The Labute approximate surface area is 197 Å². The van der Waals surface area contributed by atoms with E-state index in [2.05, 4.69) is 80.4 Å². The van der Waals surface area contributed by atoms with Gasteiger partial charge in [-0.15, -0.1) is 0 Å². The molecule has 0 spiro atoms. The van der Waals surface area contributed by atoms with E-state index in [4.69, 9.17) is 15.7 Å². The van der Waals surface area contributed by atoms with Gasteiger partial charge in [0.25, 0.3) is 0 Å². The van der Waals surface area contributed by atoms with Crippen LogP contribution in [0.3, 0.4) is 0 Å². The van der Waals surface area contributed by atoms with E-state index >= 15 is 0 Å². The predicted octanol–water partition coefficient (Wildman–Crippen LogP) is 5.78. The number of fused-ring (bicyclic) bond motifs is 1. The van der Waals surface area contributed by atoms with Crippen molar-refractivity contribution in [3.63, 3.8) is 0 Å². The molecule has 3 atom stereocenters. The number of hydrogen-bond donors (Lipinski definition) is 2. The monoisotopic (exact) mass is 489 g/mol. The van der Waals surface area contributed by atoms with Crippen LogP contribution < -0.4 is 10.6 Å². The summed E-state index contributed by atoms with van der Waals surface area (Å²) in [5, 5.41) is 0. The molecule has 32 heavy (non-hydrogen) atoms. The summed E-state index contributed by atoms with van der Waals surface area (Å²) in [7, 11) is 0. The van der Waals surface area contributed by atoms with Crippen molar-refractivity contribution in [3.8, 4) is 0 Å². The molecular formula is C26H28BrN5. The van der Waals surface area contributed by atoms with E-state index in [1.54, 1.807) is 0 Å². The van der Waals surface area contributed by atoms with Crippen molar-refractivity contribution < 1.29 is 0 Å². The van der Waals surface area contributed by atoms with Crippen molar-refractivity contribution >= 4 is 21.6 Å². The average Bonchev–Trinajstić information content (AvgIpc) is 3.37. The van der Waals surface area contributed by atoms with Gasteiger partial charge < -0.3 is 15.6 Å². The molecule has 0 radical (unpaired) electrons. The van der Waals surface area contributed by atoms with Gasteiger partial charge in [-0.05, 0) is 61.1 Å². The predicted molar refractivity (Wildman–Crippen MR) is 132 cm³/mol. The summed E-state index contributed by atoms with van der Waals surface area (Å²) in [4.78, 5) is 15.6. The van der Waals surface area contributed by atoms with E-state index < -0.39 is 0 Å². The number of H-pyrrole nitrogens is 1. The molecule has 2 aliphatic rings. The topological polar surface area (TPSA) is 70.8 Å². The molecule has 3 unspecified atom stereocenters. The lowest BCUT2D eigenvalue weighted by Gasteiger charge is -2.44. The zero-order chi connectivity index (χ0) is 21.9. The number of hydrogen-bond acceptors (Lipinski definition) is 4. The number of aromatic amines is 1. The first-order valence-electron chi connectivity index (χ1n) is 11.3. The minimum Gasteiger partial charge on any atom is -0.352 e. The second-order valence-electron chi connectivity index (χ2n) is 8.47. The Morgan fingerprint density at radius 3 is 2.91 bits per heavy atom. The zero-order valence-corrected chi connectivity index (χ0v) is 19.6. The van der Waals surface area contributed by atoms with Crippen LogP contribution in [0.25, 0.3) is 0 Å². The maximum Gasteiger partial charge on any atom is 0.129 e. The van der Waals surface area contributed by atoms with E-state index in [0.717, 1.165) is 47.2 Å². The van der Waals surface area contributed by atoms with Crippen molar-refractivity contribution in [1.82, 2.24) is 15.0 Å². The van der Waals surface area contributed by atoms with E-state index in [1.807, 2.05) is 18.6 Å². The largest absolute Gasteiger partial charge is 0.352 e. The minimum atomic E-state index is 0.0376. The van der Waals surface area contributed by atoms with E-state index in [1.165, 1.54) is 11.3 Å². The first-order valence-corrected chi connectivity index (χ1v) is 12.1. The molecule has 1 aromatic carbocycles. The summed E-state index contributed by atoms with van der Waals surface area (Å²) in [5.74, 6) is 1.26. The second kappa shape index (κ2) is 9.43. The number of imidazole rings is 1. The Bertz CT molecular complexity index is 1120. The van der Waals surface area contributed by atoms with Crippen LogP contribution in [0.15, 0.2) is 77.7 Å². The fraction of sp³-hybridized carbons (Fsp3) is 0.308. The third-order valence-electron chi connectivity index (χ3n) is 6.56. The average molecular weight is 490 g/mol. The maximum atomic E-state index is 6.27. The van der Waals surface area contributed by atoms with E-state index in [0.29, 0.717) is 6.54 Å². The number of halogens is 1. The molecule has 0 amide bonds. The zero-order valence-electron chi connectivity index (χ0n) is 18.0. The number of rotatable bonds is 6. The number of nitrogens with zero attached hydrogens (tertiary/aromatic N) is 3. The fourth-order valence-electron chi connectivity index (χ4n) is 5.15. The van der Waals surface area contributed by atoms with Gasteiger partial charge >= 0.3 is 0 Å². The Morgan fingerprint density at radius 1 is 1.19 bits per heavy atom. The lowest BCUT2D eigenvalue weighted by atomic mass is 9.85. The van der Waals surface area contributed by atoms with Gasteiger partial charge in [0.05, 0.1) is 17.8 Å². The van der Waals surface area contributed by atoms with Crippen LogP contribution in [0.5, 0.6) is 0 Å². The van der Waals surface area contributed by atoms with Crippen LogP contribution >= 0.6 is 15.9 Å². The highest BCUT2D eigenvalue weighted by molar-refractivity contribution is 9.10. The Balaban J connectivity index is 1.71. The molecule has 5 nitrogen and oxygen atoms in total. The van der Waals surface area contributed by atoms with Gasteiger partial charge in [0, 0.05) is 41.2 Å². The van der Waals surface area contributed by atoms with Crippen molar-refractivity contribution in [1.29, 1.82) is 0 Å². The molecule has 6 heteroatoms. The van der Waals surface area contributed by atoms with Crippen molar-refractivity contribution in [3.05, 3.63) is 100 Å². The van der Waals surface area contributed by atoms with Crippen molar-refractivity contribution in [2.75, 3.05) is 4.90 Å². The lowest BCUT2D eigenvalue weighted by molar-refractivity contribution is 0.390. The molecule has 164 valence electrons. The number of nitrogens with two attached hydrogens (primary N) is 1. The number of allylic oxidation sites excluding steroid dienone is 3. The van der Waals surface area contributed by atoms with E-state index in [-0.39, 0.29) is 18.0 Å². The summed E-state index contributed by atoms with van der Waals surface area (Å²) < 4.78 is 1.04. The van der Waals surface area contributed by atoms with Crippen LogP contribution in [-0.2, 0) is 13.0 Å². The quantitative estimate of drug-likeness (QED) is 0.459. The molecule has 2 aromatic heterocycles. The third-order valence-corrected chi connectivity index (χ3v) is 7.05. The molecule has 3 N–H and O–H groups in total. The second-order valence-corrected chi connectivity index (χ2v) is 9.39. The summed E-state index contributed by atoms with van der Waals surface area (Å²) in [5.41, 5.74) is 11.1. The van der Waals surface area contributed by atoms with Gasteiger partial charge in [-0.2, -0.15) is 0 Å². The molecule has 2 aliphatic carbocycles. The first kappa shape index (κ1) is 21.2. The van der Waals surface area contributed by atoms with Crippen LogP contribution in [0.4, 0.5) is 5.69 Å². The Morgan fingerprint density at radius 2 is 2.12 bits per heavy atom. The van der Waals surface area contributed by atoms with Gasteiger partial charge in [-0.25, -0.2) is 4.98 Å². The highest BCUT2D eigenvalue weighted by Gasteiger charge is 2.38. The maximum absolute atomic E-state index is 6.27. The molecule has 0 bridgehead atoms. The molecule has 0 aliphatic heterocycles. The number of aromatic nitrogens is 3. The lowest BCUT2D eigenvalue weighted by Crippen LogP contribution is -2.40. The smallest absolute Gasteiger partial charge is 0.129 e. The highest BCUT2D eigenvalue weighted by Crippen LogP contribution is 2.46. The molecule has 0 saturated heterocycles. The van der Waals surface area contributed by atoms with Gasteiger partial charge in [0.1, 0.15) is 5.82 Å². The summed E-state index contributed by atoms with van der Waals surface area (Å²) in [6, 6.07) is 10.9. The minimum absolute atomic E-state index is 0.0376. The summed E-state index contributed by atoms with van der Waals surface area (Å²) in [6.45, 7) is 0.471. The third kappa shape index (κ3) is 4.05. The molecule has 3 aromatic rings. The normalized spacial score (nSPS) is 20.7. The number of pyridine rings is 1. The number of aryl methyl sites for hydroxylation is 1. The van der Waals surface area contributed by atoms with Crippen LogP contribution in [-0.4, -0.2) is 15.0 Å². The number of nitrogens with one attached hydrogen (secondary N) is 1.